The number of ether oxygens (including phenoxy) is 1. The minimum Gasteiger partial charge on any atom is -0.468 e. The van der Waals surface area contributed by atoms with Gasteiger partial charge < -0.3 is 10.1 Å². The van der Waals surface area contributed by atoms with Gasteiger partial charge in [0, 0.05) is 6.04 Å². The summed E-state index contributed by atoms with van der Waals surface area (Å²) in [6.07, 6.45) is 4.81. The molecule has 0 fully saturated rings. The molecule has 0 aliphatic carbocycles. The topological polar surface area (TPSA) is 38.3 Å². The van der Waals surface area contributed by atoms with E-state index in [4.69, 9.17) is 4.74 Å². The molecule has 3 nitrogen and oxygen atoms in total. The molecule has 0 saturated carbocycles. The largest absolute Gasteiger partial charge is 0.468 e. The van der Waals surface area contributed by atoms with Crippen LogP contribution in [0.4, 0.5) is 0 Å². The third-order valence-corrected chi connectivity index (χ3v) is 2.94. The average Bonchev–Trinajstić information content (AvgIpc) is 2.31. The molecule has 0 aromatic rings. The van der Waals surface area contributed by atoms with Gasteiger partial charge in [-0.25, -0.2) is 0 Å². The van der Waals surface area contributed by atoms with Crippen LogP contribution in [-0.2, 0) is 9.53 Å². The molecular formula is C13H25NO2. The third kappa shape index (κ3) is 5.31. The van der Waals surface area contributed by atoms with Crippen molar-refractivity contribution in [3.63, 3.8) is 0 Å². The Bertz CT molecular complexity index is 216. The van der Waals surface area contributed by atoms with Crippen LogP contribution in [-0.4, -0.2) is 25.2 Å². The smallest absolute Gasteiger partial charge is 0.323 e. The Labute approximate surface area is 99.3 Å². The van der Waals surface area contributed by atoms with Crippen molar-refractivity contribution >= 4 is 5.97 Å². The van der Waals surface area contributed by atoms with Gasteiger partial charge in [0.2, 0.25) is 0 Å². The van der Waals surface area contributed by atoms with Crippen molar-refractivity contribution in [2.75, 3.05) is 7.11 Å². The van der Waals surface area contributed by atoms with Crippen molar-refractivity contribution in [2.24, 2.45) is 5.92 Å². The summed E-state index contributed by atoms with van der Waals surface area (Å²) in [5, 5.41) is 3.33. The fourth-order valence-corrected chi connectivity index (χ4v) is 1.58. The lowest BCUT2D eigenvalue weighted by Crippen LogP contribution is -2.46. The van der Waals surface area contributed by atoms with Gasteiger partial charge in [-0.3, -0.25) is 4.79 Å². The highest BCUT2D eigenvalue weighted by Gasteiger charge is 2.25. The zero-order valence-corrected chi connectivity index (χ0v) is 11.0. The highest BCUT2D eigenvalue weighted by atomic mass is 16.5. The van der Waals surface area contributed by atoms with E-state index >= 15 is 0 Å². The number of hydrogen-bond acceptors (Lipinski definition) is 3. The van der Waals surface area contributed by atoms with E-state index in [1.807, 2.05) is 6.08 Å². The Morgan fingerprint density at radius 1 is 1.50 bits per heavy atom. The van der Waals surface area contributed by atoms with Crippen molar-refractivity contribution in [3.05, 3.63) is 12.7 Å². The second-order valence-corrected chi connectivity index (χ2v) is 4.32. The quantitative estimate of drug-likeness (QED) is 0.511. The molecule has 0 bridgehead atoms. The fraction of sp³-hybridized carbons (Fsp3) is 0.769. The third-order valence-electron chi connectivity index (χ3n) is 2.94. The molecule has 0 saturated heterocycles. The van der Waals surface area contributed by atoms with Gasteiger partial charge in [0.05, 0.1) is 7.11 Å². The van der Waals surface area contributed by atoms with E-state index in [1.54, 1.807) is 0 Å². The lowest BCUT2D eigenvalue weighted by molar-refractivity contribution is -0.144. The molecule has 0 rings (SSSR count). The maximum Gasteiger partial charge on any atom is 0.323 e. The molecule has 94 valence electrons. The van der Waals surface area contributed by atoms with Crippen LogP contribution in [0.15, 0.2) is 12.7 Å². The number of nitrogens with one attached hydrogen (secondary N) is 1. The summed E-state index contributed by atoms with van der Waals surface area (Å²) in [6, 6.07) is 0.103. The number of esters is 1. The molecule has 0 aromatic heterocycles. The minimum absolute atomic E-state index is 0.167. The molecule has 0 aliphatic rings. The Kier molecular flexibility index (Phi) is 7.90. The first-order valence-electron chi connectivity index (χ1n) is 6.01. The molecule has 0 aromatic carbocycles. The number of carbonyl (C=O) groups is 1. The summed E-state index contributed by atoms with van der Waals surface area (Å²) in [5.74, 6) is 0.124. The van der Waals surface area contributed by atoms with E-state index < -0.39 is 0 Å². The van der Waals surface area contributed by atoms with Gasteiger partial charge in [0.25, 0.3) is 0 Å². The van der Waals surface area contributed by atoms with Crippen LogP contribution in [0.5, 0.6) is 0 Å². The van der Waals surface area contributed by atoms with Crippen molar-refractivity contribution in [3.8, 4) is 0 Å². The zero-order chi connectivity index (χ0) is 12.6. The summed E-state index contributed by atoms with van der Waals surface area (Å²) >= 11 is 0. The maximum absolute atomic E-state index is 11.6. The first kappa shape index (κ1) is 15.2. The van der Waals surface area contributed by atoms with Gasteiger partial charge >= 0.3 is 5.97 Å². The molecule has 1 N–H and O–H groups in total. The molecule has 0 aliphatic heterocycles. The van der Waals surface area contributed by atoms with E-state index in [2.05, 4.69) is 32.7 Å². The van der Waals surface area contributed by atoms with Gasteiger partial charge in [-0.2, -0.15) is 0 Å². The second kappa shape index (κ2) is 8.34. The highest BCUT2D eigenvalue weighted by molar-refractivity contribution is 5.76. The van der Waals surface area contributed by atoms with Crippen molar-refractivity contribution in [2.45, 2.75) is 52.1 Å². The van der Waals surface area contributed by atoms with Gasteiger partial charge in [-0.15, -0.1) is 6.58 Å². The van der Waals surface area contributed by atoms with Gasteiger partial charge in [-0.05, 0) is 25.7 Å². The summed E-state index contributed by atoms with van der Waals surface area (Å²) in [7, 11) is 1.44. The van der Waals surface area contributed by atoms with Crippen molar-refractivity contribution < 1.29 is 9.53 Å². The van der Waals surface area contributed by atoms with Crippen LogP contribution in [0, 0.1) is 5.92 Å². The fourth-order valence-electron chi connectivity index (χ4n) is 1.58. The number of methoxy groups -OCH3 is 1. The lowest BCUT2D eigenvalue weighted by atomic mass is 9.98. The van der Waals surface area contributed by atoms with Crippen LogP contribution >= 0.6 is 0 Å². The van der Waals surface area contributed by atoms with Crippen molar-refractivity contribution in [1.29, 1.82) is 0 Å². The van der Waals surface area contributed by atoms with E-state index in [0.717, 1.165) is 19.3 Å². The van der Waals surface area contributed by atoms with E-state index in [0.29, 0.717) is 12.0 Å². The van der Waals surface area contributed by atoms with Crippen LogP contribution in [0.3, 0.4) is 0 Å². The van der Waals surface area contributed by atoms with E-state index in [9.17, 15) is 4.79 Å². The lowest BCUT2D eigenvalue weighted by Gasteiger charge is -2.25. The average molecular weight is 227 g/mol. The molecule has 0 amide bonds. The van der Waals surface area contributed by atoms with E-state index in [1.165, 1.54) is 7.11 Å². The molecule has 16 heavy (non-hydrogen) atoms. The molecule has 0 spiro atoms. The summed E-state index contributed by atoms with van der Waals surface area (Å²) < 4.78 is 4.82. The van der Waals surface area contributed by atoms with Crippen LogP contribution in [0.25, 0.3) is 0 Å². The predicted molar refractivity (Wildman–Crippen MR) is 67.3 cm³/mol. The standard InChI is InChI=1S/C13H25NO2/c1-6-8-9-11(4)14-12(10(3)7-2)13(15)16-5/h6,10-12,14H,1,7-9H2,2-5H3. The minimum atomic E-state index is -0.199. The Hall–Kier alpha value is -0.830. The second-order valence-electron chi connectivity index (χ2n) is 4.32. The monoisotopic (exact) mass is 227 g/mol. The Balaban J connectivity index is 4.30. The number of hydrogen-bond donors (Lipinski definition) is 1. The van der Waals surface area contributed by atoms with Gasteiger partial charge in [-0.1, -0.05) is 26.3 Å². The SMILES string of the molecule is C=CCCC(C)NC(C(=O)OC)C(C)CC. The summed E-state index contributed by atoms with van der Waals surface area (Å²) in [5.41, 5.74) is 0. The maximum atomic E-state index is 11.6. The predicted octanol–water partition coefficient (Wildman–Crippen LogP) is 2.52. The molecule has 3 atom stereocenters. The Morgan fingerprint density at radius 2 is 2.12 bits per heavy atom. The molecular weight excluding hydrogens is 202 g/mol. The van der Waals surface area contributed by atoms with E-state index in [-0.39, 0.29) is 12.0 Å². The molecule has 3 unspecified atom stereocenters. The molecule has 0 radical (unpaired) electrons. The first-order chi connectivity index (χ1) is 7.56. The van der Waals surface area contributed by atoms with Gasteiger partial charge in [0.1, 0.15) is 6.04 Å². The van der Waals surface area contributed by atoms with Crippen LogP contribution < -0.4 is 5.32 Å². The van der Waals surface area contributed by atoms with Crippen molar-refractivity contribution in [1.82, 2.24) is 5.32 Å². The number of allylic oxidation sites excluding steroid dienone is 1. The number of rotatable bonds is 8. The normalized spacial score (nSPS) is 16.2. The Morgan fingerprint density at radius 3 is 2.56 bits per heavy atom. The molecule has 3 heteroatoms. The summed E-state index contributed by atoms with van der Waals surface area (Å²) in [6.45, 7) is 9.92. The van der Waals surface area contributed by atoms with Gasteiger partial charge in [0.15, 0.2) is 0 Å². The zero-order valence-electron chi connectivity index (χ0n) is 11.0. The number of carbonyl (C=O) groups excluding carboxylic acids is 1. The van der Waals surface area contributed by atoms with Crippen LogP contribution in [0.1, 0.15) is 40.0 Å². The highest BCUT2D eigenvalue weighted by Crippen LogP contribution is 2.11. The molecule has 0 heterocycles. The first-order valence-corrected chi connectivity index (χ1v) is 6.01. The summed E-state index contributed by atoms with van der Waals surface area (Å²) in [4.78, 5) is 11.6. The van der Waals surface area contributed by atoms with Crippen LogP contribution in [0.2, 0.25) is 0 Å².